The van der Waals surface area contributed by atoms with Crippen LogP contribution >= 0.6 is 23.2 Å². The number of nitrogens with one attached hydrogen (secondary N) is 2. The average molecular weight is 635 g/mol. The lowest BCUT2D eigenvalue weighted by molar-refractivity contribution is -0.0370. The molecular formula is C29H37Cl2N7O3S. The highest BCUT2D eigenvalue weighted by molar-refractivity contribution is 7.88. The first-order valence-electron chi connectivity index (χ1n) is 14.5. The molecule has 0 aromatic carbocycles. The standard InChI is InChI=1S/C29H37Cl2N7O3S/c1-17-26(31)25(23(30)13-33-17)18(2)41-21-5-6-24-22(10-21)27(36-35-24)20-9-19(11-32)28(34-12-20)37-14-29(15-37)7-4-8-38(16-29)42(3,39)40/h9,12-13,18,21-22,24,27,35-36H,4-8,10,14-16H2,1-3H3/t18-,21?,22?,24?,27?/m1/s1. The lowest BCUT2D eigenvalue weighted by atomic mass is 9.74. The maximum atomic E-state index is 12.1. The highest BCUT2D eigenvalue weighted by Gasteiger charge is 2.48. The van der Waals surface area contributed by atoms with Crippen molar-refractivity contribution in [2.75, 3.05) is 37.3 Å². The van der Waals surface area contributed by atoms with Gasteiger partial charge in [-0.05, 0) is 63.5 Å². The van der Waals surface area contributed by atoms with E-state index in [9.17, 15) is 13.7 Å². The molecule has 4 unspecified atom stereocenters. The number of halogens is 2. The third-order valence-electron chi connectivity index (χ3n) is 9.50. The molecule has 0 radical (unpaired) electrons. The van der Waals surface area contributed by atoms with Crippen molar-refractivity contribution < 1.29 is 13.2 Å². The number of sulfonamides is 1. The van der Waals surface area contributed by atoms with Crippen LogP contribution in [0.2, 0.25) is 10.0 Å². The molecule has 3 saturated heterocycles. The van der Waals surface area contributed by atoms with Crippen molar-refractivity contribution in [3.05, 3.63) is 50.9 Å². The Morgan fingerprint density at radius 1 is 1.19 bits per heavy atom. The Balaban J connectivity index is 1.14. The molecule has 1 spiro atoms. The molecule has 2 aromatic heterocycles. The third kappa shape index (κ3) is 5.63. The molecule has 226 valence electrons. The number of nitriles is 1. The van der Waals surface area contributed by atoms with E-state index in [-0.39, 0.29) is 29.6 Å². The number of anilines is 1. The summed E-state index contributed by atoms with van der Waals surface area (Å²) < 4.78 is 32.4. The molecule has 4 aliphatic rings. The molecule has 5 atom stereocenters. The van der Waals surface area contributed by atoms with Crippen LogP contribution in [0, 0.1) is 29.6 Å². The summed E-state index contributed by atoms with van der Waals surface area (Å²) in [6.07, 6.45) is 9.10. The van der Waals surface area contributed by atoms with E-state index in [0.717, 1.165) is 48.9 Å². The zero-order chi connectivity index (χ0) is 29.8. The second-order valence-corrected chi connectivity index (χ2v) is 15.2. The second-order valence-electron chi connectivity index (χ2n) is 12.5. The van der Waals surface area contributed by atoms with Crippen molar-refractivity contribution in [3.63, 3.8) is 0 Å². The van der Waals surface area contributed by atoms with Crippen LogP contribution < -0.4 is 15.8 Å². The first-order chi connectivity index (χ1) is 20.0. The fourth-order valence-electron chi connectivity index (χ4n) is 7.37. The Bertz CT molecular complexity index is 1510. The van der Waals surface area contributed by atoms with Crippen LogP contribution in [0.5, 0.6) is 0 Å². The van der Waals surface area contributed by atoms with E-state index < -0.39 is 10.0 Å². The van der Waals surface area contributed by atoms with E-state index in [1.54, 1.807) is 10.5 Å². The highest BCUT2D eigenvalue weighted by atomic mass is 35.5. The highest BCUT2D eigenvalue weighted by Crippen LogP contribution is 2.44. The third-order valence-corrected chi connectivity index (χ3v) is 11.5. The van der Waals surface area contributed by atoms with Crippen LogP contribution in [0.25, 0.3) is 0 Å². The number of piperidine rings is 1. The Morgan fingerprint density at radius 3 is 2.71 bits per heavy atom. The molecule has 5 heterocycles. The van der Waals surface area contributed by atoms with E-state index in [1.165, 1.54) is 6.26 Å². The molecule has 2 aromatic rings. The zero-order valence-corrected chi connectivity index (χ0v) is 26.4. The van der Waals surface area contributed by atoms with Gasteiger partial charge in [0.25, 0.3) is 0 Å². The van der Waals surface area contributed by atoms with Gasteiger partial charge >= 0.3 is 0 Å². The number of fused-ring (bicyclic) bond motifs is 1. The Labute approximate surface area is 257 Å². The summed E-state index contributed by atoms with van der Waals surface area (Å²) in [4.78, 5) is 11.1. The minimum Gasteiger partial charge on any atom is -0.370 e. The van der Waals surface area contributed by atoms with Gasteiger partial charge in [0.2, 0.25) is 10.0 Å². The summed E-state index contributed by atoms with van der Waals surface area (Å²) in [5.74, 6) is 0.933. The molecule has 10 nitrogen and oxygen atoms in total. The van der Waals surface area contributed by atoms with Gasteiger partial charge in [0.05, 0.1) is 45.8 Å². The van der Waals surface area contributed by atoms with E-state index in [2.05, 4.69) is 26.8 Å². The van der Waals surface area contributed by atoms with Crippen molar-refractivity contribution in [1.82, 2.24) is 25.1 Å². The van der Waals surface area contributed by atoms with Gasteiger partial charge in [0.15, 0.2) is 0 Å². The van der Waals surface area contributed by atoms with Gasteiger partial charge in [-0.25, -0.2) is 23.1 Å². The molecule has 0 amide bonds. The lowest BCUT2D eigenvalue weighted by Crippen LogP contribution is -2.64. The van der Waals surface area contributed by atoms with E-state index >= 15 is 0 Å². The summed E-state index contributed by atoms with van der Waals surface area (Å²) in [7, 11) is -3.21. The van der Waals surface area contributed by atoms with Gasteiger partial charge in [-0.1, -0.05) is 23.2 Å². The minimum atomic E-state index is -3.21. The van der Waals surface area contributed by atoms with E-state index in [4.69, 9.17) is 32.9 Å². The quantitative estimate of drug-likeness (QED) is 0.479. The smallest absolute Gasteiger partial charge is 0.211 e. The maximum Gasteiger partial charge on any atom is 0.211 e. The molecule has 3 aliphatic heterocycles. The fraction of sp³-hybridized carbons (Fsp3) is 0.621. The normalized spacial score (nSPS) is 28.2. The number of hydrogen-bond acceptors (Lipinski definition) is 9. The lowest BCUT2D eigenvalue weighted by Gasteiger charge is -2.54. The van der Waals surface area contributed by atoms with Gasteiger partial charge in [-0.2, -0.15) is 5.26 Å². The van der Waals surface area contributed by atoms with Gasteiger partial charge in [-0.3, -0.25) is 10.4 Å². The second kappa shape index (κ2) is 11.5. The SMILES string of the molecule is Cc1ncc(Cl)c([C@@H](C)OC2CCC3NNC(c4cnc(N5CC6(CCCN(S(C)(=O)=O)C6)C5)c(C#N)c4)C3C2)c1Cl. The van der Waals surface area contributed by atoms with Crippen LogP contribution in [0.4, 0.5) is 5.82 Å². The topological polar surface area (TPSA) is 123 Å². The maximum absolute atomic E-state index is 12.1. The molecule has 2 N–H and O–H groups in total. The van der Waals surface area contributed by atoms with Crippen molar-refractivity contribution in [1.29, 1.82) is 5.26 Å². The number of hydrazine groups is 1. The van der Waals surface area contributed by atoms with Crippen LogP contribution in [0.15, 0.2) is 18.5 Å². The van der Waals surface area contributed by atoms with E-state index in [0.29, 0.717) is 53.6 Å². The van der Waals surface area contributed by atoms with Gasteiger partial charge in [-0.15, -0.1) is 0 Å². The summed E-state index contributed by atoms with van der Waals surface area (Å²) >= 11 is 13.0. The first-order valence-corrected chi connectivity index (χ1v) is 17.2. The zero-order valence-electron chi connectivity index (χ0n) is 24.1. The van der Waals surface area contributed by atoms with Crippen molar-refractivity contribution in [2.24, 2.45) is 11.3 Å². The Hall–Kier alpha value is -2.04. The fourth-order valence-corrected chi connectivity index (χ4v) is 8.99. The summed E-state index contributed by atoms with van der Waals surface area (Å²) in [6.45, 7) is 6.36. The predicted octanol–water partition coefficient (Wildman–Crippen LogP) is 4.29. The first kappa shape index (κ1) is 30.0. The Morgan fingerprint density at radius 2 is 1.98 bits per heavy atom. The molecule has 0 bridgehead atoms. The van der Waals surface area contributed by atoms with E-state index in [1.807, 2.05) is 26.1 Å². The number of ether oxygens (including phenoxy) is 1. The van der Waals surface area contributed by atoms with Crippen molar-refractivity contribution in [3.8, 4) is 6.07 Å². The summed E-state index contributed by atoms with van der Waals surface area (Å²) in [6, 6.07) is 4.60. The minimum absolute atomic E-state index is 0.00917. The number of aryl methyl sites for hydroxylation is 1. The number of pyridine rings is 2. The van der Waals surface area contributed by atoms with Gasteiger partial charge < -0.3 is 9.64 Å². The predicted molar refractivity (Wildman–Crippen MR) is 162 cm³/mol. The summed E-state index contributed by atoms with van der Waals surface area (Å²) in [5, 5.41) is 11.1. The number of aromatic nitrogens is 2. The van der Waals surface area contributed by atoms with Crippen LogP contribution in [0.3, 0.4) is 0 Å². The molecule has 13 heteroatoms. The van der Waals surface area contributed by atoms with Crippen molar-refractivity contribution >= 4 is 39.0 Å². The molecule has 6 rings (SSSR count). The Kier molecular flexibility index (Phi) is 8.19. The van der Waals surface area contributed by atoms with Crippen molar-refractivity contribution in [2.45, 2.75) is 70.2 Å². The monoisotopic (exact) mass is 633 g/mol. The van der Waals surface area contributed by atoms with Gasteiger partial charge in [0.1, 0.15) is 11.9 Å². The number of hydrogen-bond donors (Lipinski definition) is 2. The van der Waals surface area contributed by atoms with Crippen LogP contribution in [0.1, 0.15) is 73.6 Å². The molecule has 1 aliphatic carbocycles. The number of nitrogens with zero attached hydrogens (tertiary/aromatic N) is 5. The van der Waals surface area contributed by atoms with Crippen LogP contribution in [-0.4, -0.2) is 67.3 Å². The molecule has 4 fully saturated rings. The average Bonchev–Trinajstić information content (AvgIpc) is 3.36. The molecular weight excluding hydrogens is 597 g/mol. The summed E-state index contributed by atoms with van der Waals surface area (Å²) in [5.41, 5.74) is 9.86. The van der Waals surface area contributed by atoms with Gasteiger partial charge in [0, 0.05) is 55.6 Å². The largest absolute Gasteiger partial charge is 0.370 e. The molecule has 42 heavy (non-hydrogen) atoms. The van der Waals surface area contributed by atoms with Crippen LogP contribution in [-0.2, 0) is 14.8 Å². The number of rotatable bonds is 6. The molecule has 1 saturated carbocycles.